The van der Waals surface area contributed by atoms with Crippen LogP contribution in [0.1, 0.15) is 23.5 Å². The molecule has 0 saturated heterocycles. The Labute approximate surface area is 185 Å². The van der Waals surface area contributed by atoms with Crippen molar-refractivity contribution in [2.45, 2.75) is 18.9 Å². The Bertz CT molecular complexity index is 1120. The van der Waals surface area contributed by atoms with Crippen LogP contribution in [0, 0.1) is 5.82 Å². The number of aliphatic imine (C=N–C) groups is 1. The molecule has 1 aromatic heterocycles. The lowest BCUT2D eigenvalue weighted by atomic mass is 9.90. The van der Waals surface area contributed by atoms with Crippen molar-refractivity contribution < 1.29 is 13.9 Å². The molecule has 32 heavy (non-hydrogen) atoms. The first kappa shape index (κ1) is 21.3. The van der Waals surface area contributed by atoms with Gasteiger partial charge in [0.1, 0.15) is 11.6 Å². The number of fused-ring (bicyclic) bond motifs is 1. The van der Waals surface area contributed by atoms with Crippen molar-refractivity contribution >= 4 is 17.6 Å². The van der Waals surface area contributed by atoms with E-state index in [-0.39, 0.29) is 17.6 Å². The van der Waals surface area contributed by atoms with Crippen molar-refractivity contribution in [3.05, 3.63) is 83.8 Å². The molecule has 8 heteroatoms. The second kappa shape index (κ2) is 9.91. The van der Waals surface area contributed by atoms with Crippen LogP contribution in [-0.4, -0.2) is 30.4 Å². The van der Waals surface area contributed by atoms with E-state index in [0.717, 1.165) is 16.8 Å². The van der Waals surface area contributed by atoms with Crippen LogP contribution in [0.25, 0.3) is 0 Å². The highest BCUT2D eigenvalue weighted by atomic mass is 19.1. The van der Waals surface area contributed by atoms with E-state index >= 15 is 0 Å². The normalized spacial score (nSPS) is 15.5. The maximum absolute atomic E-state index is 13.1. The number of anilines is 1. The Hall–Kier alpha value is -3.94. The quantitative estimate of drug-likeness (QED) is 0.407. The molecule has 0 bridgehead atoms. The molecule has 1 amide bonds. The van der Waals surface area contributed by atoms with Gasteiger partial charge in [-0.05, 0) is 47.5 Å². The molecule has 3 N–H and O–H groups in total. The predicted octanol–water partition coefficient (Wildman–Crippen LogP) is 3.80. The highest BCUT2D eigenvalue weighted by Gasteiger charge is 2.24. The van der Waals surface area contributed by atoms with Crippen molar-refractivity contribution in [1.82, 2.24) is 15.6 Å². The number of nitrogens with zero attached hydrogens (tertiary/aromatic N) is 2. The minimum absolute atomic E-state index is 0.0175. The summed E-state index contributed by atoms with van der Waals surface area (Å²) in [4.78, 5) is 20.5. The van der Waals surface area contributed by atoms with E-state index in [0.29, 0.717) is 37.1 Å². The minimum Gasteiger partial charge on any atom is -0.439 e. The van der Waals surface area contributed by atoms with Gasteiger partial charge in [-0.15, -0.1) is 0 Å². The largest absolute Gasteiger partial charge is 0.439 e. The van der Waals surface area contributed by atoms with Crippen LogP contribution in [0.5, 0.6) is 11.6 Å². The second-order valence-corrected chi connectivity index (χ2v) is 7.40. The first-order chi connectivity index (χ1) is 15.6. The summed E-state index contributed by atoms with van der Waals surface area (Å²) >= 11 is 0. The number of pyridine rings is 1. The van der Waals surface area contributed by atoms with Gasteiger partial charge < -0.3 is 20.7 Å². The van der Waals surface area contributed by atoms with Gasteiger partial charge in [-0.1, -0.05) is 18.2 Å². The predicted molar refractivity (Wildman–Crippen MR) is 121 cm³/mol. The molecule has 3 aromatic rings. The fourth-order valence-electron chi connectivity index (χ4n) is 3.55. The van der Waals surface area contributed by atoms with E-state index in [9.17, 15) is 9.18 Å². The third kappa shape index (κ3) is 5.40. The first-order valence-corrected chi connectivity index (χ1v) is 10.3. The lowest BCUT2D eigenvalue weighted by molar-refractivity contribution is -0.116. The number of carbonyl (C=O) groups is 1. The third-order valence-corrected chi connectivity index (χ3v) is 5.14. The van der Waals surface area contributed by atoms with E-state index in [1.165, 1.54) is 12.1 Å². The van der Waals surface area contributed by atoms with Crippen molar-refractivity contribution in [1.29, 1.82) is 0 Å². The fraction of sp³-hybridized carbons (Fsp3) is 0.208. The average Bonchev–Trinajstić information content (AvgIpc) is 2.81. The molecule has 0 aliphatic carbocycles. The number of halogens is 1. The number of hydrogen-bond acceptors (Lipinski definition) is 4. The molecule has 2 aromatic carbocycles. The molecule has 4 rings (SSSR count). The molecule has 1 unspecified atom stereocenters. The molecule has 1 aliphatic heterocycles. The molecule has 0 saturated carbocycles. The lowest BCUT2D eigenvalue weighted by Gasteiger charge is -2.26. The fourth-order valence-corrected chi connectivity index (χ4v) is 3.55. The Morgan fingerprint density at radius 3 is 2.81 bits per heavy atom. The van der Waals surface area contributed by atoms with Crippen LogP contribution >= 0.6 is 0 Å². The van der Waals surface area contributed by atoms with Crippen molar-refractivity contribution in [3.63, 3.8) is 0 Å². The molecule has 0 spiro atoms. The number of ether oxygens (including phenoxy) is 1. The summed E-state index contributed by atoms with van der Waals surface area (Å²) in [5.41, 5.74) is 2.93. The van der Waals surface area contributed by atoms with Crippen molar-refractivity contribution in [2.24, 2.45) is 4.99 Å². The van der Waals surface area contributed by atoms with E-state index in [2.05, 4.69) is 25.9 Å². The summed E-state index contributed by atoms with van der Waals surface area (Å²) in [6.45, 7) is 1.09. The zero-order valence-corrected chi connectivity index (χ0v) is 17.6. The van der Waals surface area contributed by atoms with Crippen LogP contribution in [0.4, 0.5) is 10.1 Å². The minimum atomic E-state index is -0.320. The Morgan fingerprint density at radius 1 is 1.19 bits per heavy atom. The first-order valence-electron chi connectivity index (χ1n) is 10.3. The summed E-state index contributed by atoms with van der Waals surface area (Å²) in [7, 11) is 1.70. The molecule has 1 atom stereocenters. The van der Waals surface area contributed by atoms with Gasteiger partial charge in [0.2, 0.25) is 11.8 Å². The third-order valence-electron chi connectivity index (χ3n) is 5.14. The van der Waals surface area contributed by atoms with E-state index < -0.39 is 0 Å². The van der Waals surface area contributed by atoms with Gasteiger partial charge in [-0.2, -0.15) is 0 Å². The van der Waals surface area contributed by atoms with E-state index in [4.69, 9.17) is 4.74 Å². The number of hydrogen-bond donors (Lipinski definition) is 3. The van der Waals surface area contributed by atoms with Gasteiger partial charge in [-0.25, -0.2) is 9.37 Å². The summed E-state index contributed by atoms with van der Waals surface area (Å²) in [5.74, 6) is 1.33. The van der Waals surface area contributed by atoms with Gasteiger partial charge >= 0.3 is 0 Å². The van der Waals surface area contributed by atoms with Crippen LogP contribution in [0.3, 0.4) is 0 Å². The average molecular weight is 433 g/mol. The van der Waals surface area contributed by atoms with Gasteiger partial charge in [-0.3, -0.25) is 9.79 Å². The summed E-state index contributed by atoms with van der Waals surface area (Å²) < 4.78 is 18.7. The number of rotatable bonds is 6. The van der Waals surface area contributed by atoms with Crippen molar-refractivity contribution in [3.8, 4) is 11.6 Å². The zero-order valence-electron chi connectivity index (χ0n) is 17.6. The van der Waals surface area contributed by atoms with Gasteiger partial charge in [0.05, 0.1) is 0 Å². The van der Waals surface area contributed by atoms with Crippen LogP contribution in [0.15, 0.2) is 71.9 Å². The molecular formula is C24H24FN5O2. The highest BCUT2D eigenvalue weighted by molar-refractivity contribution is 5.94. The lowest BCUT2D eigenvalue weighted by Crippen LogP contribution is -2.40. The Balaban J connectivity index is 1.33. The maximum atomic E-state index is 13.1. The Kier molecular flexibility index (Phi) is 6.60. The monoisotopic (exact) mass is 433 g/mol. The molecule has 0 radical (unpaired) electrons. The number of carbonyl (C=O) groups excluding carboxylic acids is 1. The van der Waals surface area contributed by atoms with Crippen molar-refractivity contribution in [2.75, 3.05) is 18.9 Å². The number of aromatic nitrogens is 1. The zero-order chi connectivity index (χ0) is 22.3. The second-order valence-electron chi connectivity index (χ2n) is 7.40. The maximum Gasteiger partial charge on any atom is 0.225 e. The number of para-hydroxylation sites is 1. The smallest absolute Gasteiger partial charge is 0.225 e. The number of nitrogens with one attached hydrogen (secondary N) is 3. The van der Waals surface area contributed by atoms with E-state index in [1.807, 2.05) is 36.4 Å². The Morgan fingerprint density at radius 2 is 2.00 bits per heavy atom. The number of amides is 1. The molecular weight excluding hydrogens is 409 g/mol. The SMILES string of the molecule is CN=C(NCc1ccnc(Oc2ccc(F)cc2)c1)NCC1CC(=O)Nc2ccccc21. The number of guanidine groups is 1. The van der Waals surface area contributed by atoms with Gasteiger partial charge in [0.15, 0.2) is 5.96 Å². The van der Waals surface area contributed by atoms with Gasteiger partial charge in [0, 0.05) is 50.4 Å². The summed E-state index contributed by atoms with van der Waals surface area (Å²) in [5, 5.41) is 9.49. The van der Waals surface area contributed by atoms with Crippen LogP contribution < -0.4 is 20.7 Å². The van der Waals surface area contributed by atoms with E-state index in [1.54, 1.807) is 25.4 Å². The topological polar surface area (TPSA) is 87.6 Å². The van der Waals surface area contributed by atoms with Crippen LogP contribution in [0.2, 0.25) is 0 Å². The molecule has 1 aliphatic rings. The molecule has 0 fully saturated rings. The van der Waals surface area contributed by atoms with Crippen LogP contribution in [-0.2, 0) is 11.3 Å². The molecule has 164 valence electrons. The molecule has 2 heterocycles. The van der Waals surface area contributed by atoms with Gasteiger partial charge in [0.25, 0.3) is 0 Å². The molecule has 7 nitrogen and oxygen atoms in total. The number of benzene rings is 2. The summed E-state index contributed by atoms with van der Waals surface area (Å²) in [6, 6.07) is 17.3. The standard InChI is InChI=1S/C24H24FN5O2/c1-26-24(29-15-17-13-22(31)30-21-5-3-2-4-20(17)21)28-14-16-10-11-27-23(12-16)32-19-8-6-18(25)7-9-19/h2-12,17H,13-15H2,1H3,(H,30,31)(H2,26,28,29). The highest BCUT2D eigenvalue weighted by Crippen LogP contribution is 2.31. The summed E-state index contributed by atoms with van der Waals surface area (Å²) in [6.07, 6.45) is 2.08.